The van der Waals surface area contributed by atoms with Crippen molar-refractivity contribution in [3.05, 3.63) is 71.0 Å². The minimum Gasteiger partial charge on any atom is -0.342 e. The lowest BCUT2D eigenvalue weighted by Gasteiger charge is -2.36. The second kappa shape index (κ2) is 8.13. The van der Waals surface area contributed by atoms with Gasteiger partial charge in [-0.1, -0.05) is 36.4 Å². The molecule has 2 aromatic carbocycles. The third-order valence-electron chi connectivity index (χ3n) is 5.91. The Labute approximate surface area is 164 Å². The number of halogens is 1. The summed E-state index contributed by atoms with van der Waals surface area (Å²) in [6, 6.07) is 14.4. The topological polar surface area (TPSA) is 40.6 Å². The van der Waals surface area contributed by atoms with Gasteiger partial charge in [-0.2, -0.15) is 0 Å². The monoisotopic (exact) mass is 380 g/mol. The van der Waals surface area contributed by atoms with Gasteiger partial charge in [0.25, 0.3) is 0 Å². The van der Waals surface area contributed by atoms with E-state index in [1.807, 2.05) is 15.9 Å². The molecule has 0 spiro atoms. The zero-order chi connectivity index (χ0) is 19.5. The van der Waals surface area contributed by atoms with E-state index in [1.165, 1.54) is 23.3 Å². The highest BCUT2D eigenvalue weighted by atomic mass is 19.1. The summed E-state index contributed by atoms with van der Waals surface area (Å²) in [6.07, 6.45) is 2.62. The first-order valence-electron chi connectivity index (χ1n) is 9.98. The van der Waals surface area contributed by atoms with Gasteiger partial charge in [0.05, 0.1) is 6.42 Å². The molecule has 28 heavy (non-hydrogen) atoms. The molecule has 1 fully saturated rings. The van der Waals surface area contributed by atoms with Crippen molar-refractivity contribution in [3.8, 4) is 0 Å². The van der Waals surface area contributed by atoms with Crippen LogP contribution in [0.5, 0.6) is 0 Å². The Balaban J connectivity index is 1.29. The zero-order valence-electron chi connectivity index (χ0n) is 15.9. The summed E-state index contributed by atoms with van der Waals surface area (Å²) in [5.41, 5.74) is 3.40. The summed E-state index contributed by atoms with van der Waals surface area (Å²) in [7, 11) is 0. The van der Waals surface area contributed by atoms with E-state index in [2.05, 4.69) is 18.2 Å². The van der Waals surface area contributed by atoms with Crippen molar-refractivity contribution >= 4 is 11.8 Å². The van der Waals surface area contributed by atoms with Crippen LogP contribution in [-0.4, -0.2) is 41.2 Å². The standard InChI is InChI=1S/C23H25FN2O2/c24-21-7-5-17(6-8-21)15-22(27)25-12-10-19(11-13-25)23(28)26-14-9-18-3-1-2-4-20(18)16-26/h1-8,19H,9-16H2. The summed E-state index contributed by atoms with van der Waals surface area (Å²) in [6.45, 7) is 2.69. The third-order valence-corrected chi connectivity index (χ3v) is 5.91. The van der Waals surface area contributed by atoms with Gasteiger partial charge in [-0.3, -0.25) is 9.59 Å². The maximum Gasteiger partial charge on any atom is 0.226 e. The molecule has 0 N–H and O–H groups in total. The average Bonchev–Trinajstić information content (AvgIpc) is 2.74. The number of benzene rings is 2. The van der Waals surface area contributed by atoms with Crippen LogP contribution in [0.3, 0.4) is 0 Å². The van der Waals surface area contributed by atoms with Crippen molar-refractivity contribution in [2.75, 3.05) is 19.6 Å². The molecule has 4 nitrogen and oxygen atoms in total. The minimum atomic E-state index is -0.295. The number of nitrogens with zero attached hydrogens (tertiary/aromatic N) is 2. The van der Waals surface area contributed by atoms with Crippen LogP contribution >= 0.6 is 0 Å². The molecular weight excluding hydrogens is 355 g/mol. The Hall–Kier alpha value is -2.69. The fraction of sp³-hybridized carbons (Fsp3) is 0.391. The van der Waals surface area contributed by atoms with Gasteiger partial charge in [-0.05, 0) is 48.1 Å². The van der Waals surface area contributed by atoms with E-state index < -0.39 is 0 Å². The Kier molecular flexibility index (Phi) is 5.42. The fourth-order valence-corrected chi connectivity index (χ4v) is 4.21. The number of hydrogen-bond acceptors (Lipinski definition) is 2. The van der Waals surface area contributed by atoms with Crippen molar-refractivity contribution in [2.24, 2.45) is 5.92 Å². The van der Waals surface area contributed by atoms with Gasteiger partial charge in [0, 0.05) is 32.1 Å². The molecule has 146 valence electrons. The van der Waals surface area contributed by atoms with Crippen LogP contribution in [0.15, 0.2) is 48.5 Å². The SMILES string of the molecule is O=C(Cc1ccc(F)cc1)N1CCC(C(=O)N2CCc3ccccc3C2)CC1. The molecule has 1 saturated heterocycles. The van der Waals surface area contributed by atoms with Crippen molar-refractivity contribution in [3.63, 3.8) is 0 Å². The molecular formula is C23H25FN2O2. The van der Waals surface area contributed by atoms with E-state index in [0.29, 0.717) is 32.5 Å². The van der Waals surface area contributed by atoms with Gasteiger partial charge >= 0.3 is 0 Å². The van der Waals surface area contributed by atoms with E-state index in [9.17, 15) is 14.0 Å². The van der Waals surface area contributed by atoms with Gasteiger partial charge in [0.1, 0.15) is 5.82 Å². The molecule has 4 rings (SSSR count). The second-order valence-corrected chi connectivity index (χ2v) is 7.74. The highest BCUT2D eigenvalue weighted by Gasteiger charge is 2.31. The molecule has 0 unspecified atom stereocenters. The van der Waals surface area contributed by atoms with Crippen LogP contribution in [0.25, 0.3) is 0 Å². The maximum atomic E-state index is 13.0. The molecule has 2 aliphatic rings. The molecule has 0 saturated carbocycles. The minimum absolute atomic E-state index is 0.000124. The number of rotatable bonds is 3. The van der Waals surface area contributed by atoms with Gasteiger partial charge < -0.3 is 9.80 Å². The normalized spacial score (nSPS) is 17.3. The Morgan fingerprint density at radius 1 is 0.893 bits per heavy atom. The highest BCUT2D eigenvalue weighted by molar-refractivity contribution is 5.81. The van der Waals surface area contributed by atoms with E-state index in [0.717, 1.165) is 18.5 Å². The first-order valence-corrected chi connectivity index (χ1v) is 9.98. The number of likely N-dealkylation sites (tertiary alicyclic amines) is 1. The van der Waals surface area contributed by atoms with Crippen LogP contribution in [0.4, 0.5) is 4.39 Å². The highest BCUT2D eigenvalue weighted by Crippen LogP contribution is 2.25. The quantitative estimate of drug-likeness (QED) is 0.821. The molecule has 0 atom stereocenters. The molecule has 0 radical (unpaired) electrons. The predicted molar refractivity (Wildman–Crippen MR) is 105 cm³/mol. The van der Waals surface area contributed by atoms with Crippen LogP contribution in [0.1, 0.15) is 29.5 Å². The lowest BCUT2D eigenvalue weighted by molar-refractivity contribution is -0.141. The molecule has 2 aliphatic heterocycles. The summed E-state index contributed by atoms with van der Waals surface area (Å²) in [5.74, 6) is -0.0273. The lowest BCUT2D eigenvalue weighted by Crippen LogP contribution is -2.46. The smallest absolute Gasteiger partial charge is 0.226 e. The van der Waals surface area contributed by atoms with E-state index in [1.54, 1.807) is 12.1 Å². The molecule has 2 aromatic rings. The number of fused-ring (bicyclic) bond motifs is 1. The third kappa shape index (κ3) is 4.08. The summed E-state index contributed by atoms with van der Waals surface area (Å²) < 4.78 is 13.0. The predicted octanol–water partition coefficient (Wildman–Crippen LogP) is 3.19. The molecule has 5 heteroatoms. The van der Waals surface area contributed by atoms with Crippen LogP contribution in [0, 0.1) is 11.7 Å². The second-order valence-electron chi connectivity index (χ2n) is 7.74. The maximum absolute atomic E-state index is 13.0. The number of amides is 2. The number of hydrogen-bond donors (Lipinski definition) is 0. The van der Waals surface area contributed by atoms with Gasteiger partial charge in [-0.25, -0.2) is 4.39 Å². The van der Waals surface area contributed by atoms with Gasteiger partial charge in [0.2, 0.25) is 11.8 Å². The average molecular weight is 380 g/mol. The first kappa shape index (κ1) is 18.7. The summed E-state index contributed by atoms with van der Waals surface area (Å²) in [5, 5.41) is 0. The molecule has 2 amide bonds. The number of carbonyl (C=O) groups excluding carboxylic acids is 2. The van der Waals surface area contributed by atoms with Gasteiger partial charge in [0.15, 0.2) is 0 Å². The zero-order valence-corrected chi connectivity index (χ0v) is 15.9. The summed E-state index contributed by atoms with van der Waals surface area (Å²) >= 11 is 0. The van der Waals surface area contributed by atoms with Crippen molar-refractivity contribution < 1.29 is 14.0 Å². The van der Waals surface area contributed by atoms with Gasteiger partial charge in [-0.15, -0.1) is 0 Å². The van der Waals surface area contributed by atoms with Crippen LogP contribution in [0.2, 0.25) is 0 Å². The van der Waals surface area contributed by atoms with Crippen LogP contribution < -0.4 is 0 Å². The first-order chi connectivity index (χ1) is 13.6. The molecule has 2 heterocycles. The van der Waals surface area contributed by atoms with Crippen LogP contribution in [-0.2, 0) is 29.0 Å². The number of carbonyl (C=O) groups is 2. The molecule has 0 aliphatic carbocycles. The Bertz CT molecular complexity index is 857. The Morgan fingerprint density at radius 3 is 2.29 bits per heavy atom. The Morgan fingerprint density at radius 2 is 1.57 bits per heavy atom. The van der Waals surface area contributed by atoms with Crippen molar-refractivity contribution in [1.29, 1.82) is 0 Å². The summed E-state index contributed by atoms with van der Waals surface area (Å²) in [4.78, 5) is 29.3. The lowest BCUT2D eigenvalue weighted by atomic mass is 9.92. The van der Waals surface area contributed by atoms with E-state index in [4.69, 9.17) is 0 Å². The fourth-order valence-electron chi connectivity index (χ4n) is 4.21. The van der Waals surface area contributed by atoms with Crippen molar-refractivity contribution in [1.82, 2.24) is 9.80 Å². The van der Waals surface area contributed by atoms with Crippen molar-refractivity contribution in [2.45, 2.75) is 32.2 Å². The van der Waals surface area contributed by atoms with E-state index >= 15 is 0 Å². The molecule has 0 bridgehead atoms. The largest absolute Gasteiger partial charge is 0.342 e. The number of piperidine rings is 1. The molecule has 0 aromatic heterocycles. The van der Waals surface area contributed by atoms with E-state index in [-0.39, 0.29) is 30.0 Å².